The maximum Gasteiger partial charge on any atom is 0.193 e. The molecule has 0 aliphatic heterocycles. The fourth-order valence-electron chi connectivity index (χ4n) is 1.42. The van der Waals surface area contributed by atoms with E-state index in [9.17, 15) is 9.90 Å². The summed E-state index contributed by atoms with van der Waals surface area (Å²) in [6, 6.07) is 11.7. The third-order valence-electron chi connectivity index (χ3n) is 2.32. The van der Waals surface area contributed by atoms with Crippen molar-refractivity contribution in [2.24, 2.45) is 0 Å². The Balaban J connectivity index is 2.37. The molecule has 4 heteroatoms. The van der Waals surface area contributed by atoms with Crippen LogP contribution in [0.1, 0.15) is 15.9 Å². The van der Waals surface area contributed by atoms with Crippen molar-refractivity contribution in [2.45, 2.75) is 0 Å². The van der Waals surface area contributed by atoms with Crippen molar-refractivity contribution in [1.29, 1.82) is 0 Å². The van der Waals surface area contributed by atoms with E-state index in [1.165, 1.54) is 12.1 Å². The second-order valence-corrected chi connectivity index (χ2v) is 5.16. The quantitative estimate of drug-likeness (QED) is 0.653. The Morgan fingerprint density at radius 2 is 1.65 bits per heavy atom. The summed E-state index contributed by atoms with van der Waals surface area (Å²) < 4.78 is 1.07. The van der Waals surface area contributed by atoms with E-state index < -0.39 is 0 Å². The van der Waals surface area contributed by atoms with Gasteiger partial charge in [0, 0.05) is 14.7 Å². The number of phenols is 1. The zero-order valence-corrected chi connectivity index (χ0v) is 11.6. The largest absolute Gasteiger partial charge is 0.506 e. The minimum atomic E-state index is -0.108. The molecule has 0 radical (unpaired) electrons. The molecule has 0 aliphatic carbocycles. The second-order valence-electron chi connectivity index (χ2n) is 3.50. The van der Waals surface area contributed by atoms with Gasteiger partial charge in [0.25, 0.3) is 0 Å². The van der Waals surface area contributed by atoms with Crippen LogP contribution in [0.25, 0.3) is 0 Å². The molecule has 0 spiro atoms. The Labute approximate surface area is 117 Å². The fourth-order valence-corrected chi connectivity index (χ4v) is 1.96. The minimum absolute atomic E-state index is 0.0224. The average molecular weight is 359 g/mol. The van der Waals surface area contributed by atoms with Crippen molar-refractivity contribution in [3.05, 3.63) is 62.2 Å². The van der Waals surface area contributed by atoms with E-state index >= 15 is 0 Å². The maximum atomic E-state index is 12.1. The number of ketones is 1. The number of aromatic hydroxyl groups is 1. The van der Waals surface area contributed by atoms with Crippen LogP contribution in [0, 0.1) is 3.57 Å². The highest BCUT2D eigenvalue weighted by Crippen LogP contribution is 2.25. The summed E-state index contributed by atoms with van der Waals surface area (Å²) in [6.07, 6.45) is 0. The monoisotopic (exact) mass is 358 g/mol. The van der Waals surface area contributed by atoms with E-state index in [1.807, 2.05) is 12.1 Å². The lowest BCUT2D eigenvalue weighted by molar-refractivity contribution is 0.103. The number of rotatable bonds is 2. The molecular formula is C13H8ClIO2. The number of carbonyl (C=O) groups excluding carboxylic acids is 1. The highest BCUT2D eigenvalue weighted by atomic mass is 127. The van der Waals surface area contributed by atoms with E-state index in [-0.39, 0.29) is 16.6 Å². The van der Waals surface area contributed by atoms with E-state index in [0.717, 1.165) is 3.57 Å². The molecule has 2 aromatic rings. The zero-order chi connectivity index (χ0) is 12.4. The predicted octanol–water partition coefficient (Wildman–Crippen LogP) is 3.88. The number of phenolic OH excluding ortho intramolecular Hbond substituents is 1. The lowest BCUT2D eigenvalue weighted by Crippen LogP contribution is -2.00. The van der Waals surface area contributed by atoms with Crippen LogP contribution in [0.3, 0.4) is 0 Å². The van der Waals surface area contributed by atoms with Gasteiger partial charge in [-0.05, 0) is 65.1 Å². The summed E-state index contributed by atoms with van der Waals surface area (Å²) in [5.74, 6) is -0.130. The van der Waals surface area contributed by atoms with Gasteiger partial charge in [0.1, 0.15) is 5.75 Å². The van der Waals surface area contributed by atoms with Crippen LogP contribution >= 0.6 is 34.2 Å². The van der Waals surface area contributed by atoms with E-state index in [0.29, 0.717) is 11.1 Å². The average Bonchev–Trinajstić information content (AvgIpc) is 2.33. The molecule has 0 atom stereocenters. The number of hydrogen-bond acceptors (Lipinski definition) is 2. The van der Waals surface area contributed by atoms with E-state index in [1.54, 1.807) is 18.2 Å². The first kappa shape index (κ1) is 12.4. The third kappa shape index (κ3) is 2.79. The summed E-state index contributed by atoms with van der Waals surface area (Å²) in [6.45, 7) is 0. The van der Waals surface area contributed by atoms with Gasteiger partial charge < -0.3 is 5.11 Å². The standard InChI is InChI=1S/C13H8ClIO2/c14-11-7-9(3-6-12(11)16)13(17)8-1-4-10(15)5-2-8/h1-7,16H. The van der Waals surface area contributed by atoms with E-state index in [2.05, 4.69) is 22.6 Å². The van der Waals surface area contributed by atoms with Gasteiger partial charge >= 0.3 is 0 Å². The molecule has 0 heterocycles. The van der Waals surface area contributed by atoms with Gasteiger partial charge in [-0.25, -0.2) is 0 Å². The molecular weight excluding hydrogens is 350 g/mol. The van der Waals surface area contributed by atoms with Crippen molar-refractivity contribution in [3.63, 3.8) is 0 Å². The summed E-state index contributed by atoms with van der Waals surface area (Å²) in [7, 11) is 0. The van der Waals surface area contributed by atoms with Crippen LogP contribution in [0.4, 0.5) is 0 Å². The van der Waals surface area contributed by atoms with Crippen LogP contribution in [-0.2, 0) is 0 Å². The number of benzene rings is 2. The summed E-state index contributed by atoms with van der Waals surface area (Å²) in [4.78, 5) is 12.1. The van der Waals surface area contributed by atoms with Gasteiger partial charge in [0.2, 0.25) is 0 Å². The molecule has 17 heavy (non-hydrogen) atoms. The highest BCUT2D eigenvalue weighted by molar-refractivity contribution is 14.1. The molecule has 0 aliphatic rings. The molecule has 86 valence electrons. The molecule has 2 aromatic carbocycles. The second kappa shape index (κ2) is 5.06. The SMILES string of the molecule is O=C(c1ccc(I)cc1)c1ccc(O)c(Cl)c1. The normalized spacial score (nSPS) is 10.2. The molecule has 1 N–H and O–H groups in total. The topological polar surface area (TPSA) is 37.3 Å². The molecule has 0 saturated heterocycles. The molecule has 0 unspecified atom stereocenters. The van der Waals surface area contributed by atoms with Crippen LogP contribution in [0.5, 0.6) is 5.75 Å². The first-order valence-corrected chi connectivity index (χ1v) is 6.32. The van der Waals surface area contributed by atoms with Crippen molar-refractivity contribution >= 4 is 40.0 Å². The molecule has 2 rings (SSSR count). The van der Waals surface area contributed by atoms with Crippen molar-refractivity contribution < 1.29 is 9.90 Å². The number of halogens is 2. The van der Waals surface area contributed by atoms with E-state index in [4.69, 9.17) is 11.6 Å². The lowest BCUT2D eigenvalue weighted by atomic mass is 10.0. The predicted molar refractivity (Wildman–Crippen MR) is 75.7 cm³/mol. The molecule has 0 bridgehead atoms. The maximum absolute atomic E-state index is 12.1. The molecule has 0 fully saturated rings. The zero-order valence-electron chi connectivity index (χ0n) is 8.65. The summed E-state index contributed by atoms with van der Waals surface area (Å²) in [5, 5.41) is 9.47. The molecule has 0 saturated carbocycles. The molecule has 0 amide bonds. The first-order chi connectivity index (χ1) is 8.08. The van der Waals surface area contributed by atoms with Crippen LogP contribution in [0.15, 0.2) is 42.5 Å². The van der Waals surface area contributed by atoms with Crippen LogP contribution in [0.2, 0.25) is 5.02 Å². The highest BCUT2D eigenvalue weighted by Gasteiger charge is 2.10. The molecule has 2 nitrogen and oxygen atoms in total. The Morgan fingerprint density at radius 1 is 1.06 bits per heavy atom. The van der Waals surface area contributed by atoms with Gasteiger partial charge in [-0.1, -0.05) is 11.6 Å². The summed E-state index contributed by atoms with van der Waals surface area (Å²) in [5.41, 5.74) is 1.07. The Hall–Kier alpha value is -1.07. The van der Waals surface area contributed by atoms with Crippen molar-refractivity contribution in [3.8, 4) is 5.75 Å². The van der Waals surface area contributed by atoms with Gasteiger partial charge in [0.15, 0.2) is 5.78 Å². The Morgan fingerprint density at radius 3 is 2.24 bits per heavy atom. The number of carbonyl (C=O) groups is 1. The van der Waals surface area contributed by atoms with Gasteiger partial charge in [-0.15, -0.1) is 0 Å². The van der Waals surface area contributed by atoms with Crippen molar-refractivity contribution in [2.75, 3.05) is 0 Å². The smallest absolute Gasteiger partial charge is 0.193 e. The fraction of sp³-hybridized carbons (Fsp3) is 0. The van der Waals surface area contributed by atoms with Gasteiger partial charge in [-0.2, -0.15) is 0 Å². The minimum Gasteiger partial charge on any atom is -0.506 e. The van der Waals surface area contributed by atoms with Crippen LogP contribution in [-0.4, -0.2) is 10.9 Å². The van der Waals surface area contributed by atoms with Gasteiger partial charge in [-0.3, -0.25) is 4.79 Å². The third-order valence-corrected chi connectivity index (χ3v) is 3.34. The Bertz CT molecular complexity index is 564. The van der Waals surface area contributed by atoms with Gasteiger partial charge in [0.05, 0.1) is 5.02 Å². The first-order valence-electron chi connectivity index (χ1n) is 4.87. The van der Waals surface area contributed by atoms with Crippen molar-refractivity contribution in [1.82, 2.24) is 0 Å². The lowest BCUT2D eigenvalue weighted by Gasteiger charge is -2.03. The number of hydrogen-bond donors (Lipinski definition) is 1. The van der Waals surface area contributed by atoms with Crippen LogP contribution < -0.4 is 0 Å². The molecule has 0 aromatic heterocycles. The Kier molecular flexibility index (Phi) is 3.69. The summed E-state index contributed by atoms with van der Waals surface area (Å²) >= 11 is 7.95.